The van der Waals surface area contributed by atoms with Crippen molar-refractivity contribution in [2.75, 3.05) is 38.0 Å². The smallest absolute Gasteiger partial charge is 0.321 e. The third-order valence-corrected chi connectivity index (χ3v) is 5.75. The maximum Gasteiger partial charge on any atom is 0.321 e. The number of para-hydroxylation sites is 1. The lowest BCUT2D eigenvalue weighted by atomic mass is 9.89. The van der Waals surface area contributed by atoms with Crippen LogP contribution in [0.1, 0.15) is 38.7 Å². The maximum absolute atomic E-state index is 12.5. The molecule has 2 saturated heterocycles. The topological polar surface area (TPSA) is 35.6 Å². The Morgan fingerprint density at radius 3 is 2.40 bits per heavy atom. The number of nitrogens with zero attached hydrogens (tertiary/aromatic N) is 2. The number of hydrogen-bond donors (Lipinski definition) is 1. The van der Waals surface area contributed by atoms with Crippen LogP contribution in [0.3, 0.4) is 0 Å². The van der Waals surface area contributed by atoms with Crippen LogP contribution < -0.4 is 5.32 Å². The minimum atomic E-state index is 0.0490. The molecule has 0 spiro atoms. The highest BCUT2D eigenvalue weighted by atomic mass is 16.2. The molecule has 0 aromatic heterocycles. The van der Waals surface area contributed by atoms with E-state index in [4.69, 9.17) is 0 Å². The van der Waals surface area contributed by atoms with Gasteiger partial charge in [0, 0.05) is 38.4 Å². The zero-order valence-corrected chi connectivity index (χ0v) is 16.0. The number of amides is 2. The van der Waals surface area contributed by atoms with Gasteiger partial charge in [-0.3, -0.25) is 0 Å². The van der Waals surface area contributed by atoms with Crippen molar-refractivity contribution in [3.63, 3.8) is 0 Å². The molecule has 0 unspecified atom stereocenters. The molecule has 2 fully saturated rings. The number of piperidine rings is 2. The summed E-state index contributed by atoms with van der Waals surface area (Å²) in [4.78, 5) is 17.1. The SMILES string of the molecule is Cc1ccccc1NC(=O)N1CCC(CN2C[C@@H](C)C[C@H](C)C2)CC1. The van der Waals surface area contributed by atoms with E-state index >= 15 is 0 Å². The predicted molar refractivity (Wildman–Crippen MR) is 104 cm³/mol. The van der Waals surface area contributed by atoms with Gasteiger partial charge in [0.25, 0.3) is 0 Å². The van der Waals surface area contributed by atoms with Crippen molar-refractivity contribution in [2.24, 2.45) is 17.8 Å². The molecule has 1 aromatic rings. The van der Waals surface area contributed by atoms with Crippen LogP contribution >= 0.6 is 0 Å². The van der Waals surface area contributed by atoms with Crippen molar-refractivity contribution in [1.82, 2.24) is 9.80 Å². The molecule has 0 aliphatic carbocycles. The third kappa shape index (κ3) is 4.97. The fraction of sp³-hybridized carbons (Fsp3) is 0.667. The van der Waals surface area contributed by atoms with Crippen LogP contribution in [0.15, 0.2) is 24.3 Å². The lowest BCUT2D eigenvalue weighted by Crippen LogP contribution is -2.46. The molecule has 138 valence electrons. The molecule has 4 heteroatoms. The number of benzene rings is 1. The second-order valence-electron chi connectivity index (χ2n) is 8.34. The van der Waals surface area contributed by atoms with Gasteiger partial charge in [-0.15, -0.1) is 0 Å². The molecule has 0 radical (unpaired) electrons. The van der Waals surface area contributed by atoms with E-state index in [9.17, 15) is 4.79 Å². The number of likely N-dealkylation sites (tertiary alicyclic amines) is 2. The molecule has 0 saturated carbocycles. The van der Waals surface area contributed by atoms with Gasteiger partial charge in [0.1, 0.15) is 0 Å². The minimum Gasteiger partial charge on any atom is -0.325 e. The van der Waals surface area contributed by atoms with Gasteiger partial charge in [-0.1, -0.05) is 32.0 Å². The Balaban J connectivity index is 1.45. The zero-order valence-electron chi connectivity index (χ0n) is 16.0. The standard InChI is InChI=1S/C21H33N3O/c1-16-12-17(2)14-23(13-16)15-19-8-10-24(11-9-19)21(25)22-20-7-5-4-6-18(20)3/h4-7,16-17,19H,8-15H2,1-3H3,(H,22,25)/t16-,17-/m0/s1. The van der Waals surface area contributed by atoms with Crippen LogP contribution in [0, 0.1) is 24.7 Å². The Hall–Kier alpha value is -1.55. The van der Waals surface area contributed by atoms with E-state index in [1.807, 2.05) is 36.1 Å². The number of anilines is 1. The molecule has 4 nitrogen and oxygen atoms in total. The minimum absolute atomic E-state index is 0.0490. The number of carbonyl (C=O) groups is 1. The summed E-state index contributed by atoms with van der Waals surface area (Å²) < 4.78 is 0. The average Bonchev–Trinajstić information content (AvgIpc) is 2.56. The Kier molecular flexibility index (Phi) is 6.00. The molecule has 3 rings (SSSR count). The summed E-state index contributed by atoms with van der Waals surface area (Å²) in [5.41, 5.74) is 2.03. The first-order valence-electron chi connectivity index (χ1n) is 9.85. The maximum atomic E-state index is 12.5. The first-order valence-corrected chi connectivity index (χ1v) is 9.85. The first kappa shape index (κ1) is 18.2. The van der Waals surface area contributed by atoms with E-state index in [1.165, 1.54) is 26.1 Å². The fourth-order valence-electron chi connectivity index (χ4n) is 4.53. The summed E-state index contributed by atoms with van der Waals surface area (Å²) in [5.74, 6) is 2.38. The Bertz CT molecular complexity index is 570. The van der Waals surface area contributed by atoms with Gasteiger partial charge in [-0.05, 0) is 55.6 Å². The molecular formula is C21H33N3O. The van der Waals surface area contributed by atoms with E-state index in [-0.39, 0.29) is 6.03 Å². The Labute approximate surface area is 152 Å². The Morgan fingerprint density at radius 1 is 1.12 bits per heavy atom. The van der Waals surface area contributed by atoms with Gasteiger partial charge >= 0.3 is 6.03 Å². The van der Waals surface area contributed by atoms with Crippen LogP contribution in [0.2, 0.25) is 0 Å². The first-order chi connectivity index (χ1) is 12.0. The highest BCUT2D eigenvalue weighted by Gasteiger charge is 2.27. The van der Waals surface area contributed by atoms with E-state index in [0.717, 1.165) is 54.9 Å². The molecule has 0 bridgehead atoms. The van der Waals surface area contributed by atoms with Crippen molar-refractivity contribution < 1.29 is 4.79 Å². The lowest BCUT2D eigenvalue weighted by Gasteiger charge is -2.39. The summed E-state index contributed by atoms with van der Waals surface area (Å²) in [6, 6.07) is 8.02. The number of hydrogen-bond acceptors (Lipinski definition) is 2. The number of carbonyl (C=O) groups excluding carboxylic acids is 1. The zero-order chi connectivity index (χ0) is 17.8. The molecule has 1 N–H and O–H groups in total. The van der Waals surface area contributed by atoms with Gasteiger partial charge in [-0.2, -0.15) is 0 Å². The summed E-state index contributed by atoms with van der Waals surface area (Å²) in [6.45, 7) is 12.2. The van der Waals surface area contributed by atoms with Gasteiger partial charge < -0.3 is 15.1 Å². The molecule has 2 aliphatic heterocycles. The number of rotatable bonds is 3. The molecular weight excluding hydrogens is 310 g/mol. The van der Waals surface area contributed by atoms with Crippen LogP contribution in [-0.2, 0) is 0 Å². The summed E-state index contributed by atoms with van der Waals surface area (Å²) >= 11 is 0. The van der Waals surface area contributed by atoms with Crippen molar-refractivity contribution in [2.45, 2.75) is 40.0 Å². The summed E-state index contributed by atoms with van der Waals surface area (Å²) in [5, 5.41) is 3.06. The number of aryl methyl sites for hydroxylation is 1. The van der Waals surface area contributed by atoms with E-state index in [1.54, 1.807) is 0 Å². The second kappa shape index (κ2) is 8.22. The molecule has 2 aliphatic rings. The lowest BCUT2D eigenvalue weighted by molar-refractivity contribution is 0.101. The summed E-state index contributed by atoms with van der Waals surface area (Å²) in [7, 11) is 0. The van der Waals surface area contributed by atoms with Crippen LogP contribution in [0.5, 0.6) is 0 Å². The van der Waals surface area contributed by atoms with Crippen molar-refractivity contribution in [1.29, 1.82) is 0 Å². The van der Waals surface area contributed by atoms with Gasteiger partial charge in [0.2, 0.25) is 0 Å². The van der Waals surface area contributed by atoms with Gasteiger partial charge in [0.05, 0.1) is 0 Å². The number of urea groups is 1. The quantitative estimate of drug-likeness (QED) is 0.892. The molecule has 2 atom stereocenters. The average molecular weight is 344 g/mol. The van der Waals surface area contributed by atoms with Crippen molar-refractivity contribution in [3.05, 3.63) is 29.8 Å². The highest BCUT2D eigenvalue weighted by Crippen LogP contribution is 2.25. The normalized spacial score (nSPS) is 25.8. The monoisotopic (exact) mass is 343 g/mol. The summed E-state index contributed by atoms with van der Waals surface area (Å²) in [6.07, 6.45) is 3.62. The van der Waals surface area contributed by atoms with Crippen LogP contribution in [-0.4, -0.2) is 48.6 Å². The second-order valence-corrected chi connectivity index (χ2v) is 8.34. The highest BCUT2D eigenvalue weighted by molar-refractivity contribution is 5.90. The third-order valence-electron chi connectivity index (χ3n) is 5.75. The van der Waals surface area contributed by atoms with Crippen molar-refractivity contribution >= 4 is 11.7 Å². The molecule has 1 aromatic carbocycles. The molecule has 25 heavy (non-hydrogen) atoms. The van der Waals surface area contributed by atoms with Crippen molar-refractivity contribution in [3.8, 4) is 0 Å². The molecule has 2 amide bonds. The van der Waals surface area contributed by atoms with Gasteiger partial charge in [-0.25, -0.2) is 4.79 Å². The Morgan fingerprint density at radius 2 is 1.76 bits per heavy atom. The largest absolute Gasteiger partial charge is 0.325 e. The van der Waals surface area contributed by atoms with E-state index in [2.05, 4.69) is 24.1 Å². The van der Waals surface area contributed by atoms with Gasteiger partial charge in [0.15, 0.2) is 0 Å². The molecule has 2 heterocycles. The number of nitrogens with one attached hydrogen (secondary N) is 1. The van der Waals surface area contributed by atoms with Crippen LogP contribution in [0.25, 0.3) is 0 Å². The predicted octanol–water partition coefficient (Wildman–Crippen LogP) is 4.22. The van der Waals surface area contributed by atoms with Crippen LogP contribution in [0.4, 0.5) is 10.5 Å². The fourth-order valence-corrected chi connectivity index (χ4v) is 4.53. The van der Waals surface area contributed by atoms with E-state index < -0.39 is 0 Å². The van der Waals surface area contributed by atoms with E-state index in [0.29, 0.717) is 0 Å².